The number of nitrogens with zero attached hydrogens (tertiary/aromatic N) is 1. The second-order valence-corrected chi connectivity index (χ2v) is 24.5. The number of likely N-dealkylation sites (N-methyl/N-ethyl adjacent to an activating group) is 1. The van der Waals surface area contributed by atoms with Gasteiger partial charge in [0.25, 0.3) is 7.82 Å². The molecule has 0 aliphatic rings. The number of carbonyl (C=O) groups excluding carboxylic acids is 1. The summed E-state index contributed by atoms with van der Waals surface area (Å²) in [7, 11) is 1.32. The number of rotatable bonds is 59. The van der Waals surface area contributed by atoms with E-state index in [1.807, 2.05) is 21.1 Å². The first-order valence-corrected chi connectivity index (χ1v) is 33.1. The monoisotopic (exact) mass is 1040 g/mol. The number of quaternary nitrogens is 1. The van der Waals surface area contributed by atoms with Crippen LogP contribution in [0.25, 0.3) is 0 Å². The Hall–Kier alpha value is -1.02. The normalized spacial score (nSPS) is 13.9. The van der Waals surface area contributed by atoms with Crippen molar-refractivity contribution in [3.63, 3.8) is 0 Å². The van der Waals surface area contributed by atoms with E-state index in [0.29, 0.717) is 23.9 Å². The molecule has 72 heavy (non-hydrogen) atoms. The van der Waals surface area contributed by atoms with Gasteiger partial charge in [-0.3, -0.25) is 9.36 Å². The molecule has 0 heterocycles. The molecular formula is C63H125N2O6P. The fraction of sp³-hybridized carbons (Fsp3) is 0.921. The standard InChI is InChI=1S/C63H125N2O6P/c1-6-8-10-12-14-16-18-20-21-22-23-24-25-26-27-28-29-30-31-32-33-34-35-36-37-38-39-40-41-42-43-45-47-49-51-53-55-57-63(67)64-61(60-71-72(68,69)70-59-58-65(3,4)5)62(66)56-54-52-50-48-46-44-19-17-15-13-11-9-7-2/h27-28,30-31,61-62,66H,6-26,29,32-60H2,1-5H3,(H-,64,67,68,69)/b28-27-,31-30-. The number of phosphoric acid groups is 1. The average molecular weight is 1040 g/mol. The summed E-state index contributed by atoms with van der Waals surface area (Å²) in [6, 6.07) is -0.798. The largest absolute Gasteiger partial charge is 0.756 e. The highest BCUT2D eigenvalue weighted by atomic mass is 31.2. The molecule has 2 N–H and O–H groups in total. The number of nitrogens with one attached hydrogen (secondary N) is 1. The maximum absolute atomic E-state index is 13.0. The van der Waals surface area contributed by atoms with E-state index in [4.69, 9.17) is 9.05 Å². The first-order chi connectivity index (χ1) is 35.0. The van der Waals surface area contributed by atoms with E-state index in [-0.39, 0.29) is 19.1 Å². The Morgan fingerprint density at radius 2 is 0.806 bits per heavy atom. The number of amides is 1. The molecule has 0 rings (SSSR count). The topological polar surface area (TPSA) is 108 Å². The van der Waals surface area contributed by atoms with Crippen molar-refractivity contribution in [3.8, 4) is 0 Å². The van der Waals surface area contributed by atoms with Crippen molar-refractivity contribution in [3.05, 3.63) is 24.3 Å². The van der Waals surface area contributed by atoms with Gasteiger partial charge in [0.1, 0.15) is 13.2 Å². The lowest BCUT2D eigenvalue weighted by Gasteiger charge is -2.30. The van der Waals surface area contributed by atoms with Crippen molar-refractivity contribution in [1.82, 2.24) is 5.32 Å². The van der Waals surface area contributed by atoms with Gasteiger partial charge in [0.2, 0.25) is 5.91 Å². The Kier molecular flexibility index (Phi) is 54.0. The van der Waals surface area contributed by atoms with Crippen LogP contribution >= 0.6 is 7.82 Å². The Morgan fingerprint density at radius 1 is 0.486 bits per heavy atom. The third-order valence-electron chi connectivity index (χ3n) is 14.7. The van der Waals surface area contributed by atoms with Gasteiger partial charge < -0.3 is 28.8 Å². The number of aliphatic hydroxyl groups is 1. The Balaban J connectivity index is 3.89. The quantitative estimate of drug-likeness (QED) is 0.0272. The smallest absolute Gasteiger partial charge is 0.268 e. The average Bonchev–Trinajstić information content (AvgIpc) is 3.34. The zero-order valence-electron chi connectivity index (χ0n) is 48.9. The van der Waals surface area contributed by atoms with E-state index in [1.54, 1.807) is 0 Å². The fourth-order valence-electron chi connectivity index (χ4n) is 9.72. The summed E-state index contributed by atoms with van der Waals surface area (Å²) in [4.78, 5) is 25.5. The lowest BCUT2D eigenvalue weighted by molar-refractivity contribution is -0.870. The summed E-state index contributed by atoms with van der Waals surface area (Å²) >= 11 is 0. The zero-order chi connectivity index (χ0) is 52.7. The molecule has 428 valence electrons. The molecule has 9 heteroatoms. The first-order valence-electron chi connectivity index (χ1n) is 31.7. The van der Waals surface area contributed by atoms with Gasteiger partial charge in [-0.1, -0.05) is 295 Å². The summed E-state index contributed by atoms with van der Waals surface area (Å²) in [6.45, 7) is 4.76. The number of allylic oxidation sites excluding steroid dienone is 4. The highest BCUT2D eigenvalue weighted by Gasteiger charge is 2.24. The highest BCUT2D eigenvalue weighted by Crippen LogP contribution is 2.38. The lowest BCUT2D eigenvalue weighted by atomic mass is 10.0. The van der Waals surface area contributed by atoms with Crippen molar-refractivity contribution in [2.45, 2.75) is 334 Å². The molecule has 0 bridgehead atoms. The van der Waals surface area contributed by atoms with Crippen molar-refractivity contribution in [2.75, 3.05) is 40.9 Å². The van der Waals surface area contributed by atoms with Gasteiger partial charge in [-0.2, -0.15) is 0 Å². The van der Waals surface area contributed by atoms with Crippen LogP contribution in [0.5, 0.6) is 0 Å². The first kappa shape index (κ1) is 71.0. The zero-order valence-corrected chi connectivity index (χ0v) is 49.8. The molecule has 0 radical (unpaired) electrons. The van der Waals surface area contributed by atoms with E-state index in [2.05, 4.69) is 43.5 Å². The number of aliphatic hydroxyl groups excluding tert-OH is 1. The number of unbranched alkanes of at least 4 members (excludes halogenated alkanes) is 42. The molecule has 0 saturated carbocycles. The molecule has 3 unspecified atom stereocenters. The molecule has 3 atom stereocenters. The van der Waals surface area contributed by atoms with Crippen LogP contribution < -0.4 is 10.2 Å². The molecule has 0 saturated heterocycles. The van der Waals surface area contributed by atoms with Gasteiger partial charge in [0.05, 0.1) is 39.9 Å². The van der Waals surface area contributed by atoms with Gasteiger partial charge in [0, 0.05) is 6.42 Å². The minimum absolute atomic E-state index is 0.0142. The molecule has 0 aliphatic heterocycles. The maximum Gasteiger partial charge on any atom is 0.268 e. The molecule has 0 aromatic heterocycles. The molecule has 0 spiro atoms. The van der Waals surface area contributed by atoms with Crippen LogP contribution in [0.1, 0.15) is 322 Å². The molecule has 0 aliphatic carbocycles. The van der Waals surface area contributed by atoms with Gasteiger partial charge in [-0.05, 0) is 44.9 Å². The molecule has 8 nitrogen and oxygen atoms in total. The van der Waals surface area contributed by atoms with Gasteiger partial charge in [-0.25, -0.2) is 0 Å². The third-order valence-corrected chi connectivity index (χ3v) is 15.7. The van der Waals surface area contributed by atoms with E-state index in [1.165, 1.54) is 250 Å². The summed E-state index contributed by atoms with van der Waals surface area (Å²) in [5.41, 5.74) is 0. The summed E-state index contributed by atoms with van der Waals surface area (Å²) in [5.74, 6) is -0.160. The van der Waals surface area contributed by atoms with Gasteiger partial charge >= 0.3 is 0 Å². The SMILES string of the molecule is CCCCCCCCCCCCCCC/C=C\C/C=C\CCCCCCCCCCCCCCCCCCCC(=O)NC(COP(=O)([O-])OCC[N+](C)(C)C)C(O)CCCCCCCCCCCCCCC. The van der Waals surface area contributed by atoms with Crippen LogP contribution in [0, 0.1) is 0 Å². The number of hydrogen-bond donors (Lipinski definition) is 2. The van der Waals surface area contributed by atoms with E-state index >= 15 is 0 Å². The molecule has 0 aromatic carbocycles. The third kappa shape index (κ3) is 56.7. The van der Waals surface area contributed by atoms with E-state index in [9.17, 15) is 19.4 Å². The van der Waals surface area contributed by atoms with Crippen molar-refractivity contribution in [1.29, 1.82) is 0 Å². The maximum atomic E-state index is 13.0. The van der Waals surface area contributed by atoms with Gasteiger partial charge in [-0.15, -0.1) is 0 Å². The van der Waals surface area contributed by atoms with Crippen LogP contribution in [-0.2, 0) is 18.4 Å². The van der Waals surface area contributed by atoms with Crippen LogP contribution in [-0.4, -0.2) is 68.5 Å². The molecule has 0 fully saturated rings. The van der Waals surface area contributed by atoms with Crippen LogP contribution in [0.3, 0.4) is 0 Å². The van der Waals surface area contributed by atoms with Crippen LogP contribution in [0.4, 0.5) is 0 Å². The number of carbonyl (C=O) groups is 1. The summed E-state index contributed by atoms with van der Waals surface area (Å²) in [5, 5.41) is 14.0. The summed E-state index contributed by atoms with van der Waals surface area (Å²) in [6.07, 6.45) is 69.6. The van der Waals surface area contributed by atoms with Crippen LogP contribution in [0.15, 0.2) is 24.3 Å². The minimum Gasteiger partial charge on any atom is -0.756 e. The second-order valence-electron chi connectivity index (χ2n) is 23.1. The van der Waals surface area contributed by atoms with Crippen LogP contribution in [0.2, 0.25) is 0 Å². The summed E-state index contributed by atoms with van der Waals surface area (Å²) < 4.78 is 23.4. The Labute approximate surface area is 449 Å². The molecular weight excluding hydrogens is 912 g/mol. The Bertz CT molecular complexity index is 1220. The highest BCUT2D eigenvalue weighted by molar-refractivity contribution is 7.45. The molecule has 0 aromatic rings. The van der Waals surface area contributed by atoms with Crippen molar-refractivity contribution in [2.24, 2.45) is 0 Å². The predicted molar refractivity (Wildman–Crippen MR) is 312 cm³/mol. The lowest BCUT2D eigenvalue weighted by Crippen LogP contribution is -2.46. The predicted octanol–water partition coefficient (Wildman–Crippen LogP) is 18.9. The van der Waals surface area contributed by atoms with Crippen molar-refractivity contribution >= 4 is 13.7 Å². The van der Waals surface area contributed by atoms with Gasteiger partial charge in [0.15, 0.2) is 0 Å². The number of phosphoric ester groups is 1. The molecule has 1 amide bonds. The second kappa shape index (κ2) is 54.8. The Morgan fingerprint density at radius 3 is 1.15 bits per heavy atom. The fourth-order valence-corrected chi connectivity index (χ4v) is 10.4. The van der Waals surface area contributed by atoms with E-state index < -0.39 is 20.0 Å². The van der Waals surface area contributed by atoms with Crippen molar-refractivity contribution < 1.29 is 32.9 Å². The van der Waals surface area contributed by atoms with E-state index in [0.717, 1.165) is 44.9 Å². The number of hydrogen-bond acceptors (Lipinski definition) is 6. The minimum atomic E-state index is -4.57.